The van der Waals surface area contributed by atoms with Crippen molar-refractivity contribution in [1.29, 1.82) is 0 Å². The van der Waals surface area contributed by atoms with Crippen LogP contribution in [0.3, 0.4) is 0 Å². The molecule has 2 aromatic rings. The van der Waals surface area contributed by atoms with Crippen molar-refractivity contribution in [3.05, 3.63) is 34.8 Å². The number of aliphatic carboxylic acids is 1. The molecule has 0 spiro atoms. The van der Waals surface area contributed by atoms with Crippen molar-refractivity contribution in [2.45, 2.75) is 33.3 Å². The van der Waals surface area contributed by atoms with Crippen molar-refractivity contribution in [3.63, 3.8) is 0 Å². The highest BCUT2D eigenvalue weighted by Crippen LogP contribution is 2.23. The van der Waals surface area contributed by atoms with Crippen LogP contribution >= 0.6 is 0 Å². The first-order chi connectivity index (χ1) is 11.9. The number of aromatic nitrogens is 2. The standard InChI is InChI=1S/C17H21N3O5/c1-10-6-14(12(3)20(10)15-7-11(2)25-18-15)17(23)19-4-5-24-13(9-19)8-16(21)22/h6-7,13H,4-5,8-9H2,1-3H3,(H,21,22)/t13-/m1/s1. The summed E-state index contributed by atoms with van der Waals surface area (Å²) in [6, 6.07) is 3.63. The molecule has 8 heteroatoms. The predicted octanol–water partition coefficient (Wildman–Crippen LogP) is 1.71. The Hall–Kier alpha value is -2.61. The molecular weight excluding hydrogens is 326 g/mol. The lowest BCUT2D eigenvalue weighted by molar-refractivity contribution is -0.141. The van der Waals surface area contributed by atoms with E-state index in [1.54, 1.807) is 4.90 Å². The van der Waals surface area contributed by atoms with Crippen LogP contribution < -0.4 is 0 Å². The molecule has 1 aliphatic rings. The molecule has 0 aromatic carbocycles. The van der Waals surface area contributed by atoms with Crippen LogP contribution in [0.5, 0.6) is 0 Å². The molecule has 1 N–H and O–H groups in total. The number of carbonyl (C=O) groups is 2. The van der Waals surface area contributed by atoms with Crippen LogP contribution in [0.15, 0.2) is 16.7 Å². The van der Waals surface area contributed by atoms with Gasteiger partial charge in [-0.25, -0.2) is 0 Å². The van der Waals surface area contributed by atoms with Gasteiger partial charge in [-0.05, 0) is 26.8 Å². The third-order valence-corrected chi connectivity index (χ3v) is 4.33. The summed E-state index contributed by atoms with van der Waals surface area (Å²) in [4.78, 5) is 25.4. The average molecular weight is 347 g/mol. The molecule has 0 radical (unpaired) electrons. The Morgan fingerprint density at radius 1 is 1.32 bits per heavy atom. The molecule has 134 valence electrons. The first kappa shape index (κ1) is 17.2. The maximum atomic E-state index is 12.9. The lowest BCUT2D eigenvalue weighted by Gasteiger charge is -2.32. The van der Waals surface area contributed by atoms with Crippen LogP contribution in [-0.4, -0.2) is 57.4 Å². The van der Waals surface area contributed by atoms with Gasteiger partial charge in [0, 0.05) is 30.5 Å². The molecular formula is C17H21N3O5. The molecule has 1 amide bonds. The summed E-state index contributed by atoms with van der Waals surface area (Å²) in [5, 5.41) is 12.9. The smallest absolute Gasteiger partial charge is 0.306 e. The number of hydrogen-bond acceptors (Lipinski definition) is 5. The Bertz CT molecular complexity index is 807. The van der Waals surface area contributed by atoms with E-state index in [2.05, 4.69) is 5.16 Å². The fourth-order valence-corrected chi connectivity index (χ4v) is 3.18. The van der Waals surface area contributed by atoms with E-state index in [-0.39, 0.29) is 18.9 Å². The summed E-state index contributed by atoms with van der Waals surface area (Å²) in [5.74, 6) is 0.273. The molecule has 25 heavy (non-hydrogen) atoms. The van der Waals surface area contributed by atoms with E-state index in [0.29, 0.717) is 30.3 Å². The SMILES string of the molecule is Cc1cc(-n2c(C)cc(C(=O)N3CCO[C@H](CC(=O)O)C3)c2C)no1. The van der Waals surface area contributed by atoms with Crippen molar-refractivity contribution in [1.82, 2.24) is 14.6 Å². The minimum Gasteiger partial charge on any atom is -0.481 e. The van der Waals surface area contributed by atoms with Gasteiger partial charge in [-0.1, -0.05) is 5.16 Å². The first-order valence-corrected chi connectivity index (χ1v) is 8.12. The van der Waals surface area contributed by atoms with Gasteiger partial charge in [0.15, 0.2) is 5.82 Å². The lowest BCUT2D eigenvalue weighted by atomic mass is 10.1. The summed E-state index contributed by atoms with van der Waals surface area (Å²) >= 11 is 0. The average Bonchev–Trinajstić information content (AvgIpc) is 3.09. The molecule has 1 saturated heterocycles. The number of morpholine rings is 1. The third-order valence-electron chi connectivity index (χ3n) is 4.33. The fraction of sp³-hybridized carbons (Fsp3) is 0.471. The van der Waals surface area contributed by atoms with E-state index in [0.717, 1.165) is 11.4 Å². The van der Waals surface area contributed by atoms with Crippen LogP contribution in [0.1, 0.15) is 33.9 Å². The molecule has 1 fully saturated rings. The second-order valence-electron chi connectivity index (χ2n) is 6.26. The molecule has 0 saturated carbocycles. The zero-order valence-corrected chi connectivity index (χ0v) is 14.5. The van der Waals surface area contributed by atoms with E-state index in [9.17, 15) is 9.59 Å². The number of carboxylic acid groups (broad SMARTS) is 1. The van der Waals surface area contributed by atoms with E-state index in [4.69, 9.17) is 14.4 Å². The van der Waals surface area contributed by atoms with Gasteiger partial charge in [-0.15, -0.1) is 0 Å². The largest absolute Gasteiger partial charge is 0.481 e. The van der Waals surface area contributed by atoms with Gasteiger partial charge in [0.2, 0.25) is 0 Å². The van der Waals surface area contributed by atoms with Gasteiger partial charge in [-0.2, -0.15) is 0 Å². The zero-order valence-electron chi connectivity index (χ0n) is 14.5. The van der Waals surface area contributed by atoms with E-state index >= 15 is 0 Å². The zero-order chi connectivity index (χ0) is 18.1. The van der Waals surface area contributed by atoms with Crippen LogP contribution in [0.2, 0.25) is 0 Å². The molecule has 0 bridgehead atoms. The highest BCUT2D eigenvalue weighted by molar-refractivity contribution is 5.96. The van der Waals surface area contributed by atoms with Gasteiger partial charge in [0.25, 0.3) is 5.91 Å². The number of amides is 1. The Labute approximate surface area is 145 Å². The van der Waals surface area contributed by atoms with E-state index in [1.165, 1.54) is 0 Å². The number of hydrogen-bond donors (Lipinski definition) is 1. The van der Waals surface area contributed by atoms with E-state index < -0.39 is 12.1 Å². The first-order valence-electron chi connectivity index (χ1n) is 8.12. The molecule has 2 aromatic heterocycles. The number of nitrogens with zero attached hydrogens (tertiary/aromatic N) is 3. The van der Waals surface area contributed by atoms with Crippen LogP contribution in [0.4, 0.5) is 0 Å². The number of carbonyl (C=O) groups excluding carboxylic acids is 1. The van der Waals surface area contributed by atoms with Crippen LogP contribution in [0.25, 0.3) is 5.82 Å². The Morgan fingerprint density at radius 2 is 2.08 bits per heavy atom. The molecule has 3 heterocycles. The van der Waals surface area contributed by atoms with Gasteiger partial charge in [0.05, 0.1) is 24.7 Å². The van der Waals surface area contributed by atoms with Crippen molar-refractivity contribution in [2.24, 2.45) is 0 Å². The lowest BCUT2D eigenvalue weighted by Crippen LogP contribution is -2.46. The number of ether oxygens (including phenoxy) is 1. The van der Waals surface area contributed by atoms with Gasteiger partial charge < -0.3 is 19.3 Å². The monoisotopic (exact) mass is 347 g/mol. The summed E-state index contributed by atoms with van der Waals surface area (Å²) in [7, 11) is 0. The highest BCUT2D eigenvalue weighted by atomic mass is 16.5. The Morgan fingerprint density at radius 3 is 2.72 bits per heavy atom. The van der Waals surface area contributed by atoms with Crippen LogP contribution in [-0.2, 0) is 9.53 Å². The molecule has 0 unspecified atom stereocenters. The summed E-state index contributed by atoms with van der Waals surface area (Å²) in [6.07, 6.45) is -0.585. The quantitative estimate of drug-likeness (QED) is 0.904. The summed E-state index contributed by atoms with van der Waals surface area (Å²) in [5.41, 5.74) is 2.23. The number of aryl methyl sites for hydroxylation is 2. The predicted molar refractivity (Wildman–Crippen MR) is 87.9 cm³/mol. The second kappa shape index (κ2) is 6.72. The molecule has 1 atom stereocenters. The summed E-state index contributed by atoms with van der Waals surface area (Å²) in [6.45, 7) is 6.64. The molecule has 3 rings (SSSR count). The van der Waals surface area contributed by atoms with Gasteiger partial charge in [-0.3, -0.25) is 14.2 Å². The molecule has 8 nitrogen and oxygen atoms in total. The normalized spacial score (nSPS) is 17.7. The Balaban J connectivity index is 1.84. The van der Waals surface area contributed by atoms with Crippen molar-refractivity contribution in [3.8, 4) is 5.82 Å². The maximum absolute atomic E-state index is 12.9. The third kappa shape index (κ3) is 3.43. The Kier molecular flexibility index (Phi) is 4.63. The topological polar surface area (TPSA) is 97.8 Å². The second-order valence-corrected chi connectivity index (χ2v) is 6.26. The number of carboxylic acids is 1. The fourth-order valence-electron chi connectivity index (χ4n) is 3.18. The van der Waals surface area contributed by atoms with Gasteiger partial charge >= 0.3 is 5.97 Å². The van der Waals surface area contributed by atoms with Crippen molar-refractivity contribution >= 4 is 11.9 Å². The van der Waals surface area contributed by atoms with Crippen molar-refractivity contribution < 1.29 is 24.0 Å². The van der Waals surface area contributed by atoms with E-state index in [1.807, 2.05) is 37.5 Å². The number of rotatable bonds is 4. The van der Waals surface area contributed by atoms with Crippen molar-refractivity contribution in [2.75, 3.05) is 19.7 Å². The molecule has 0 aliphatic carbocycles. The maximum Gasteiger partial charge on any atom is 0.306 e. The minimum absolute atomic E-state index is 0.110. The minimum atomic E-state index is -0.932. The summed E-state index contributed by atoms with van der Waals surface area (Å²) < 4.78 is 12.4. The van der Waals surface area contributed by atoms with Gasteiger partial charge in [0.1, 0.15) is 5.76 Å². The highest BCUT2D eigenvalue weighted by Gasteiger charge is 2.29. The molecule has 1 aliphatic heterocycles. The van der Waals surface area contributed by atoms with Crippen LogP contribution in [0, 0.1) is 20.8 Å².